The topological polar surface area (TPSA) is 86.7 Å². The standard InChI is InChI=1S/C9H11F2NO3/c10-5-1-4(2-6(11)9(5)15)8(14)7(13)3-12/h1-2,7-8,13-15H,3,12H2. The number of aliphatic hydroxyl groups excluding tert-OH is 2. The summed E-state index contributed by atoms with van der Waals surface area (Å²) in [5, 5.41) is 27.3. The molecule has 2 unspecified atom stereocenters. The molecular weight excluding hydrogens is 208 g/mol. The molecule has 0 spiro atoms. The maximum Gasteiger partial charge on any atom is 0.187 e. The average Bonchev–Trinajstić information content (AvgIpc) is 2.23. The van der Waals surface area contributed by atoms with E-state index in [4.69, 9.17) is 15.9 Å². The van der Waals surface area contributed by atoms with E-state index in [2.05, 4.69) is 0 Å². The number of aromatic hydroxyl groups is 1. The molecular formula is C9H11F2NO3. The van der Waals surface area contributed by atoms with E-state index in [-0.39, 0.29) is 12.1 Å². The van der Waals surface area contributed by atoms with Crippen LogP contribution in [0.4, 0.5) is 8.78 Å². The van der Waals surface area contributed by atoms with Crippen LogP contribution in [0.25, 0.3) is 0 Å². The number of benzene rings is 1. The number of hydrogen-bond acceptors (Lipinski definition) is 4. The molecule has 0 aliphatic heterocycles. The summed E-state index contributed by atoms with van der Waals surface area (Å²) in [5.41, 5.74) is 4.89. The van der Waals surface area contributed by atoms with Gasteiger partial charge >= 0.3 is 0 Å². The summed E-state index contributed by atoms with van der Waals surface area (Å²) >= 11 is 0. The Bertz CT molecular complexity index is 336. The molecule has 0 fully saturated rings. The van der Waals surface area contributed by atoms with Crippen molar-refractivity contribution in [2.24, 2.45) is 5.73 Å². The molecule has 84 valence electrons. The fraction of sp³-hybridized carbons (Fsp3) is 0.333. The highest BCUT2D eigenvalue weighted by Gasteiger charge is 2.20. The molecule has 0 bridgehead atoms. The van der Waals surface area contributed by atoms with E-state index in [1.807, 2.05) is 0 Å². The lowest BCUT2D eigenvalue weighted by molar-refractivity contribution is 0.0239. The first kappa shape index (κ1) is 11.8. The van der Waals surface area contributed by atoms with Crippen molar-refractivity contribution < 1.29 is 24.1 Å². The summed E-state index contributed by atoms with van der Waals surface area (Å²) < 4.78 is 25.7. The van der Waals surface area contributed by atoms with Gasteiger partial charge in [0.05, 0.1) is 6.10 Å². The van der Waals surface area contributed by atoms with Gasteiger partial charge in [0, 0.05) is 6.54 Å². The fourth-order valence-electron chi connectivity index (χ4n) is 1.11. The number of rotatable bonds is 3. The summed E-state index contributed by atoms with van der Waals surface area (Å²) in [5.74, 6) is -3.52. The average molecular weight is 219 g/mol. The molecule has 1 aromatic carbocycles. The maximum atomic E-state index is 12.9. The molecule has 0 aliphatic rings. The van der Waals surface area contributed by atoms with E-state index in [1.165, 1.54) is 0 Å². The quantitative estimate of drug-likeness (QED) is 0.577. The van der Waals surface area contributed by atoms with Gasteiger partial charge < -0.3 is 21.1 Å². The van der Waals surface area contributed by atoms with Crippen LogP contribution in [0.1, 0.15) is 11.7 Å². The predicted molar refractivity (Wildman–Crippen MR) is 48.0 cm³/mol. The molecule has 0 heterocycles. The first-order chi connectivity index (χ1) is 6.97. The minimum absolute atomic E-state index is 0.180. The van der Waals surface area contributed by atoms with Gasteiger partial charge in [-0.2, -0.15) is 0 Å². The summed E-state index contributed by atoms with van der Waals surface area (Å²) in [6.07, 6.45) is -2.80. The van der Waals surface area contributed by atoms with Gasteiger partial charge in [-0.15, -0.1) is 0 Å². The third-order valence-electron chi connectivity index (χ3n) is 1.99. The number of nitrogens with two attached hydrogens (primary N) is 1. The molecule has 0 saturated heterocycles. The number of phenols is 1. The minimum atomic E-state index is -1.49. The zero-order valence-corrected chi connectivity index (χ0v) is 7.69. The van der Waals surface area contributed by atoms with Crippen LogP contribution in [0, 0.1) is 11.6 Å². The van der Waals surface area contributed by atoms with Crippen molar-refractivity contribution in [1.82, 2.24) is 0 Å². The molecule has 0 saturated carbocycles. The van der Waals surface area contributed by atoms with E-state index < -0.39 is 29.6 Å². The molecule has 4 nitrogen and oxygen atoms in total. The summed E-state index contributed by atoms with van der Waals surface area (Å²) in [6.45, 7) is -0.245. The Labute approximate surface area is 84.6 Å². The van der Waals surface area contributed by atoms with Gasteiger partial charge in [0.1, 0.15) is 6.10 Å². The number of phenolic OH excluding ortho intramolecular Hbond substituents is 1. The van der Waals surface area contributed by atoms with Crippen molar-refractivity contribution in [3.8, 4) is 5.75 Å². The van der Waals surface area contributed by atoms with E-state index >= 15 is 0 Å². The van der Waals surface area contributed by atoms with E-state index in [0.29, 0.717) is 0 Å². The Hall–Kier alpha value is -1.24. The molecule has 0 amide bonds. The molecule has 0 aliphatic carbocycles. The zero-order chi connectivity index (χ0) is 11.6. The monoisotopic (exact) mass is 219 g/mol. The molecule has 1 rings (SSSR count). The SMILES string of the molecule is NCC(O)C(O)c1cc(F)c(O)c(F)c1. The van der Waals surface area contributed by atoms with Gasteiger partial charge in [0.25, 0.3) is 0 Å². The van der Waals surface area contributed by atoms with Crippen molar-refractivity contribution in [1.29, 1.82) is 0 Å². The Balaban J connectivity index is 3.06. The van der Waals surface area contributed by atoms with Crippen LogP contribution in [0.15, 0.2) is 12.1 Å². The van der Waals surface area contributed by atoms with Crippen LogP contribution in [0.5, 0.6) is 5.75 Å². The smallest absolute Gasteiger partial charge is 0.187 e. The Morgan fingerprint density at radius 3 is 2.07 bits per heavy atom. The predicted octanol–water partition coefficient (Wildman–Crippen LogP) is 0.0234. The van der Waals surface area contributed by atoms with Crippen molar-refractivity contribution in [3.05, 3.63) is 29.3 Å². The lowest BCUT2D eigenvalue weighted by Crippen LogP contribution is -2.27. The molecule has 2 atom stereocenters. The van der Waals surface area contributed by atoms with Crippen LogP contribution < -0.4 is 5.73 Å². The summed E-state index contributed by atoms with van der Waals surface area (Å²) in [6, 6.07) is 1.48. The number of halogens is 2. The highest BCUT2D eigenvalue weighted by atomic mass is 19.1. The lowest BCUT2D eigenvalue weighted by atomic mass is 10.0. The second-order valence-electron chi connectivity index (χ2n) is 3.08. The molecule has 0 aromatic heterocycles. The maximum absolute atomic E-state index is 12.9. The Morgan fingerprint density at radius 2 is 1.67 bits per heavy atom. The second-order valence-corrected chi connectivity index (χ2v) is 3.08. The van der Waals surface area contributed by atoms with Gasteiger partial charge in [0.2, 0.25) is 0 Å². The van der Waals surface area contributed by atoms with Crippen LogP contribution in [0.2, 0.25) is 0 Å². The van der Waals surface area contributed by atoms with E-state index in [0.717, 1.165) is 12.1 Å². The molecule has 6 heteroatoms. The third kappa shape index (κ3) is 2.41. The molecule has 15 heavy (non-hydrogen) atoms. The number of hydrogen-bond donors (Lipinski definition) is 4. The van der Waals surface area contributed by atoms with Gasteiger partial charge in [-0.3, -0.25) is 0 Å². The lowest BCUT2D eigenvalue weighted by Gasteiger charge is -2.16. The highest BCUT2D eigenvalue weighted by Crippen LogP contribution is 2.26. The van der Waals surface area contributed by atoms with Crippen LogP contribution in [-0.4, -0.2) is 28.0 Å². The first-order valence-corrected chi connectivity index (χ1v) is 4.21. The number of aliphatic hydroxyl groups is 2. The van der Waals surface area contributed by atoms with Gasteiger partial charge in [-0.05, 0) is 17.7 Å². The van der Waals surface area contributed by atoms with E-state index in [9.17, 15) is 13.9 Å². The highest BCUT2D eigenvalue weighted by molar-refractivity contribution is 5.31. The molecule has 0 radical (unpaired) electrons. The first-order valence-electron chi connectivity index (χ1n) is 4.21. The normalized spacial score (nSPS) is 15.0. The fourth-order valence-corrected chi connectivity index (χ4v) is 1.11. The van der Waals surface area contributed by atoms with Gasteiger partial charge in [0.15, 0.2) is 17.4 Å². The van der Waals surface area contributed by atoms with Crippen molar-refractivity contribution in [2.75, 3.05) is 6.54 Å². The Kier molecular flexibility index (Phi) is 3.57. The van der Waals surface area contributed by atoms with Gasteiger partial charge in [-0.25, -0.2) is 8.78 Å². The van der Waals surface area contributed by atoms with Gasteiger partial charge in [-0.1, -0.05) is 0 Å². The second kappa shape index (κ2) is 4.52. The summed E-state index contributed by atoms with van der Waals surface area (Å²) in [7, 11) is 0. The van der Waals surface area contributed by atoms with Crippen LogP contribution >= 0.6 is 0 Å². The van der Waals surface area contributed by atoms with Crippen LogP contribution in [-0.2, 0) is 0 Å². The summed E-state index contributed by atoms with van der Waals surface area (Å²) in [4.78, 5) is 0. The molecule has 1 aromatic rings. The largest absolute Gasteiger partial charge is 0.503 e. The van der Waals surface area contributed by atoms with Crippen LogP contribution in [0.3, 0.4) is 0 Å². The van der Waals surface area contributed by atoms with E-state index in [1.54, 1.807) is 0 Å². The molecule has 5 N–H and O–H groups in total. The zero-order valence-electron chi connectivity index (χ0n) is 7.69. The Morgan fingerprint density at radius 1 is 1.20 bits per heavy atom. The van der Waals surface area contributed by atoms with Crippen molar-refractivity contribution in [3.63, 3.8) is 0 Å². The third-order valence-corrected chi connectivity index (χ3v) is 1.99. The van der Waals surface area contributed by atoms with Crippen molar-refractivity contribution in [2.45, 2.75) is 12.2 Å². The van der Waals surface area contributed by atoms with Crippen molar-refractivity contribution >= 4 is 0 Å². The minimum Gasteiger partial charge on any atom is -0.503 e.